The number of fused-ring (bicyclic) bond motifs is 2. The Hall–Kier alpha value is -5.54. The second-order valence-electron chi connectivity index (χ2n) is 18.0. The number of nitro benzene ring substituents is 1. The fraction of sp³-hybridized carbons (Fsp3) is 0.370. The number of nitro groups is 1. The van der Waals surface area contributed by atoms with E-state index in [1.54, 1.807) is 30.5 Å². The number of nitrogens with zero attached hydrogens (tertiary/aromatic N) is 6. The van der Waals surface area contributed by atoms with Crippen molar-refractivity contribution in [1.29, 1.82) is 0 Å². The third kappa shape index (κ3) is 9.65. The predicted molar refractivity (Wildman–Crippen MR) is 259 cm³/mol. The molecule has 348 valence electrons. The van der Waals surface area contributed by atoms with Crippen LogP contribution in [0.5, 0.6) is 0 Å². The number of hydrogen-bond acceptors (Lipinski definition) is 14. The molecule has 20 heteroatoms. The van der Waals surface area contributed by atoms with E-state index in [4.69, 9.17) is 16.3 Å². The highest BCUT2D eigenvalue weighted by molar-refractivity contribution is 8.23. The molecule has 5 N–H and O–H groups in total. The van der Waals surface area contributed by atoms with Crippen LogP contribution in [0.1, 0.15) is 61.9 Å². The van der Waals surface area contributed by atoms with Crippen LogP contribution < -0.4 is 19.8 Å². The molecule has 9 rings (SSSR count). The number of aromatic amines is 1. The monoisotopic (exact) mass is 957 g/mol. The average Bonchev–Trinajstić information content (AvgIpc) is 3.77. The van der Waals surface area contributed by atoms with Crippen molar-refractivity contribution < 1.29 is 32.0 Å². The average molecular weight is 959 g/mol. The van der Waals surface area contributed by atoms with Gasteiger partial charge in [-0.1, -0.05) is 43.2 Å². The Balaban J connectivity index is 1.000. The normalized spacial score (nSPS) is 19.4. The summed E-state index contributed by atoms with van der Waals surface area (Å²) in [5.41, 5.74) is 5.40. The quantitative estimate of drug-likeness (QED) is 0.0583. The maximum atomic E-state index is 14.3. The van der Waals surface area contributed by atoms with Crippen molar-refractivity contribution >= 4 is 89.7 Å². The third-order valence-electron chi connectivity index (χ3n) is 13.0. The van der Waals surface area contributed by atoms with Crippen molar-refractivity contribution in [2.45, 2.75) is 55.9 Å². The zero-order chi connectivity index (χ0) is 46.4. The molecular formula is C46H52ClN9O8S2. The topological polar surface area (TPSA) is 219 Å². The van der Waals surface area contributed by atoms with E-state index >= 15 is 0 Å². The largest absolute Gasteiger partial charge is 0.381 e. The lowest BCUT2D eigenvalue weighted by molar-refractivity contribution is -0.384. The summed E-state index contributed by atoms with van der Waals surface area (Å²) in [5.74, 6) is -0.776. The smallest absolute Gasteiger partial charge is 0.293 e. The maximum absolute atomic E-state index is 14.3. The number of amides is 1. The van der Waals surface area contributed by atoms with Crippen LogP contribution in [0.25, 0.3) is 16.6 Å². The highest BCUT2D eigenvalue weighted by atomic mass is 35.5. The van der Waals surface area contributed by atoms with Crippen molar-refractivity contribution in [2.24, 2.45) is 15.7 Å². The molecule has 2 saturated heterocycles. The fourth-order valence-electron chi connectivity index (χ4n) is 9.17. The summed E-state index contributed by atoms with van der Waals surface area (Å²) < 4.78 is 61.5. The first-order valence-corrected chi connectivity index (χ1v) is 25.3. The molecule has 0 bridgehead atoms. The van der Waals surface area contributed by atoms with Gasteiger partial charge in [0.05, 0.1) is 26.8 Å². The minimum atomic E-state index is -4.66. The zero-order valence-electron chi connectivity index (χ0n) is 36.6. The first-order chi connectivity index (χ1) is 31.5. The van der Waals surface area contributed by atoms with E-state index < -0.39 is 42.2 Å². The Morgan fingerprint density at radius 2 is 1.77 bits per heavy atom. The lowest BCUT2D eigenvalue weighted by Gasteiger charge is -2.40. The van der Waals surface area contributed by atoms with Gasteiger partial charge in [-0.05, 0) is 120 Å². The van der Waals surface area contributed by atoms with E-state index in [1.807, 2.05) is 12.1 Å². The summed E-state index contributed by atoms with van der Waals surface area (Å²) in [5, 5.41) is 16.5. The Morgan fingerprint density at radius 3 is 2.52 bits per heavy atom. The van der Waals surface area contributed by atoms with E-state index in [1.165, 1.54) is 46.1 Å². The number of carbonyl (C=O) groups excluding carboxylic acids is 1. The van der Waals surface area contributed by atoms with Gasteiger partial charge in [0.25, 0.3) is 21.6 Å². The summed E-state index contributed by atoms with van der Waals surface area (Å²) >= 11 is 6.26. The highest BCUT2D eigenvalue weighted by Gasteiger charge is 2.34. The van der Waals surface area contributed by atoms with Crippen LogP contribution >= 0.6 is 22.4 Å². The Labute approximate surface area is 389 Å². The fourth-order valence-corrected chi connectivity index (χ4v) is 11.3. The molecular weight excluding hydrogens is 906 g/mol. The number of ether oxygens (including phenoxy) is 1. The molecule has 2 aromatic heterocycles. The molecule has 2 fully saturated rings. The number of carbonyl (C=O) groups is 1. The van der Waals surface area contributed by atoms with Crippen molar-refractivity contribution in [1.82, 2.24) is 19.6 Å². The number of hydrogen-bond donors (Lipinski definition) is 5. The third-order valence-corrected chi connectivity index (χ3v) is 15.7. The lowest BCUT2D eigenvalue weighted by Crippen LogP contribution is -2.47. The van der Waals surface area contributed by atoms with Crippen LogP contribution in [0, 0.1) is 21.4 Å². The molecule has 3 aromatic carbocycles. The summed E-state index contributed by atoms with van der Waals surface area (Å²) in [4.78, 5) is 39.0. The molecule has 0 unspecified atom stereocenters. The van der Waals surface area contributed by atoms with E-state index in [0.717, 1.165) is 63.5 Å². The summed E-state index contributed by atoms with van der Waals surface area (Å²) in [6, 6.07) is 20.1. The number of anilines is 4. The van der Waals surface area contributed by atoms with Gasteiger partial charge in [-0.15, -0.1) is 4.40 Å². The molecule has 66 heavy (non-hydrogen) atoms. The van der Waals surface area contributed by atoms with Gasteiger partial charge in [-0.2, -0.15) is 0 Å². The Morgan fingerprint density at radius 1 is 1.02 bits per heavy atom. The number of H-pyrrole nitrogens is 1. The van der Waals surface area contributed by atoms with Crippen LogP contribution in [-0.4, -0.2) is 102 Å². The maximum Gasteiger partial charge on any atom is 0.293 e. The molecule has 3 aliphatic heterocycles. The van der Waals surface area contributed by atoms with Crippen molar-refractivity contribution in [3.63, 3.8) is 0 Å². The number of sulfonamides is 1. The Bertz CT molecular complexity index is 2860. The number of nitrogens with one attached hydrogen (secondary N) is 3. The number of rotatable bonds is 12. The van der Waals surface area contributed by atoms with Crippen molar-refractivity contribution in [3.05, 3.63) is 111 Å². The number of piperazine rings is 1. The van der Waals surface area contributed by atoms with Crippen LogP contribution in [-0.2, 0) is 14.8 Å². The Kier molecular flexibility index (Phi) is 12.6. The van der Waals surface area contributed by atoms with Crippen LogP contribution in [0.4, 0.5) is 28.4 Å². The van der Waals surface area contributed by atoms with Crippen molar-refractivity contribution in [3.8, 4) is 0 Å². The molecule has 17 nitrogen and oxygen atoms in total. The van der Waals surface area contributed by atoms with Gasteiger partial charge in [0, 0.05) is 80.8 Å². The lowest BCUT2D eigenvalue weighted by atomic mass is 9.72. The highest BCUT2D eigenvalue weighted by Crippen LogP contribution is 2.56. The van der Waals surface area contributed by atoms with Gasteiger partial charge >= 0.3 is 0 Å². The molecule has 0 spiro atoms. The first kappa shape index (κ1) is 45.6. The molecule has 0 saturated carbocycles. The van der Waals surface area contributed by atoms with Crippen LogP contribution in [0.15, 0.2) is 98.9 Å². The van der Waals surface area contributed by atoms with Gasteiger partial charge in [0.2, 0.25) is 0 Å². The molecule has 5 heterocycles. The minimum absolute atomic E-state index is 0.0861. The second kappa shape index (κ2) is 18.3. The predicted octanol–water partition coefficient (Wildman–Crippen LogP) is 9.07. The van der Waals surface area contributed by atoms with E-state index in [9.17, 15) is 32.4 Å². The van der Waals surface area contributed by atoms with Gasteiger partial charge < -0.3 is 19.9 Å². The van der Waals surface area contributed by atoms with E-state index in [-0.39, 0.29) is 39.0 Å². The molecule has 1 amide bonds. The number of benzene rings is 3. The number of pyridine rings is 1. The van der Waals surface area contributed by atoms with Gasteiger partial charge in [0.1, 0.15) is 17.7 Å². The number of allylic oxidation sites excluding steroid dienone is 1. The molecule has 4 aliphatic rings. The summed E-state index contributed by atoms with van der Waals surface area (Å²) in [6.07, 6.45) is 7.56. The molecule has 0 radical (unpaired) electrons. The number of aromatic nitrogens is 2. The SMILES string of the molecule is CC1(C)CCC(CN2CCN(c3ccc(C(=O)NS(=O)(=O)c4ccc(NCC5CCOCC5)c([N+](=O)[O-])c4)c(N4C=NS(O)(O)c5nc6[nH]ccc6cc54)c3)CC2)=C(c2ccc(Cl)cc2)C1. The van der Waals surface area contributed by atoms with Gasteiger partial charge in [0.15, 0.2) is 5.03 Å². The number of halogens is 1. The first-order valence-electron chi connectivity index (χ1n) is 21.9. The zero-order valence-corrected chi connectivity index (χ0v) is 39.0. The molecule has 5 aromatic rings. The second-order valence-corrected chi connectivity index (χ2v) is 21.8. The van der Waals surface area contributed by atoms with Gasteiger partial charge in [-0.3, -0.25) is 33.8 Å². The summed E-state index contributed by atoms with van der Waals surface area (Å²) in [7, 11) is -8.41. The standard InChI is InChI=1S/C46H52ClN9O8S2/c1-46(2)15-11-33(38(26-46)31-3-5-34(47)6-4-31)28-53-17-19-54(20-18-53)35-7-9-37(40(24-35)55-29-50-66(62,63)45-42(55)23-32-12-16-48-43(32)51-45)44(57)52-65(60,61)36-8-10-39(41(25-36)56(58)59)49-27-30-13-21-64-22-14-30/h3-10,12,16,23-25,29-30,49,62-63H,11,13-15,17-22,26-28H2,1-2H3,(H,48,51)(H,52,57). The van der Waals surface area contributed by atoms with E-state index in [2.05, 4.69) is 60.2 Å². The van der Waals surface area contributed by atoms with Crippen LogP contribution in [0.3, 0.4) is 0 Å². The molecule has 0 atom stereocenters. The van der Waals surface area contributed by atoms with Crippen LogP contribution in [0.2, 0.25) is 5.02 Å². The molecule has 1 aliphatic carbocycles. The summed E-state index contributed by atoms with van der Waals surface area (Å²) in [6.45, 7) is 9.97. The van der Waals surface area contributed by atoms with Crippen molar-refractivity contribution in [2.75, 3.05) is 67.6 Å². The van der Waals surface area contributed by atoms with Gasteiger partial charge in [-0.25, -0.2) is 18.1 Å². The minimum Gasteiger partial charge on any atom is -0.381 e. The van der Waals surface area contributed by atoms with E-state index in [0.29, 0.717) is 48.9 Å².